The molecule has 1 heterocycles. The molecular formula is C23H20N2O4. The molecule has 4 rings (SSSR count). The summed E-state index contributed by atoms with van der Waals surface area (Å²) in [5.74, 6) is 0.203. The minimum absolute atomic E-state index is 0.164. The number of nitrogens with one attached hydrogen (secondary N) is 1. The van der Waals surface area contributed by atoms with Crippen LogP contribution in [0.15, 0.2) is 66.7 Å². The SMILES string of the molecule is CC(C(=O)Nc1ccc(-c2ccc3c(c2)OCO3)c(C(N)=O)c1)c1ccccc1. The number of rotatable bonds is 5. The third kappa shape index (κ3) is 3.78. The van der Waals surface area contributed by atoms with Gasteiger partial charge in [0.15, 0.2) is 11.5 Å². The van der Waals surface area contributed by atoms with Crippen LogP contribution in [-0.4, -0.2) is 18.6 Å². The fourth-order valence-electron chi connectivity index (χ4n) is 3.29. The maximum atomic E-state index is 12.6. The Hall–Kier alpha value is -3.80. The minimum atomic E-state index is -0.579. The predicted molar refractivity (Wildman–Crippen MR) is 110 cm³/mol. The summed E-state index contributed by atoms with van der Waals surface area (Å²) in [4.78, 5) is 24.7. The molecular weight excluding hydrogens is 368 g/mol. The van der Waals surface area contributed by atoms with Crippen LogP contribution in [0, 0.1) is 0 Å². The van der Waals surface area contributed by atoms with Crippen LogP contribution >= 0.6 is 0 Å². The van der Waals surface area contributed by atoms with Crippen molar-refractivity contribution in [2.75, 3.05) is 12.1 Å². The Balaban J connectivity index is 1.61. The molecule has 0 aromatic heterocycles. The van der Waals surface area contributed by atoms with Gasteiger partial charge in [-0.1, -0.05) is 42.5 Å². The summed E-state index contributed by atoms with van der Waals surface area (Å²) >= 11 is 0. The Morgan fingerprint density at radius 3 is 2.48 bits per heavy atom. The van der Waals surface area contributed by atoms with Crippen LogP contribution in [0.2, 0.25) is 0 Å². The third-order valence-corrected chi connectivity index (χ3v) is 4.93. The van der Waals surface area contributed by atoms with Crippen LogP contribution in [-0.2, 0) is 4.79 Å². The number of ether oxygens (including phenoxy) is 2. The highest BCUT2D eigenvalue weighted by Gasteiger charge is 2.19. The second-order valence-corrected chi connectivity index (χ2v) is 6.81. The molecule has 3 aromatic carbocycles. The van der Waals surface area contributed by atoms with E-state index < -0.39 is 5.91 Å². The molecule has 6 nitrogen and oxygen atoms in total. The highest BCUT2D eigenvalue weighted by Crippen LogP contribution is 2.37. The van der Waals surface area contributed by atoms with E-state index in [1.165, 1.54) is 0 Å². The van der Waals surface area contributed by atoms with Gasteiger partial charge in [0.2, 0.25) is 18.6 Å². The van der Waals surface area contributed by atoms with Crippen LogP contribution < -0.4 is 20.5 Å². The quantitative estimate of drug-likeness (QED) is 0.693. The summed E-state index contributed by atoms with van der Waals surface area (Å²) in [5, 5.41) is 2.86. The number of benzene rings is 3. The summed E-state index contributed by atoms with van der Waals surface area (Å²) in [5.41, 5.74) is 8.78. The Morgan fingerprint density at radius 2 is 1.72 bits per heavy atom. The van der Waals surface area contributed by atoms with Crippen LogP contribution in [0.3, 0.4) is 0 Å². The molecule has 0 bridgehead atoms. The Labute approximate surface area is 168 Å². The van der Waals surface area contributed by atoms with Crippen molar-refractivity contribution in [2.45, 2.75) is 12.8 Å². The number of nitrogens with two attached hydrogens (primary N) is 1. The molecule has 2 amide bonds. The summed E-state index contributed by atoms with van der Waals surface area (Å²) in [6.07, 6.45) is 0. The van der Waals surface area contributed by atoms with Crippen LogP contribution in [0.4, 0.5) is 5.69 Å². The highest BCUT2D eigenvalue weighted by atomic mass is 16.7. The van der Waals surface area contributed by atoms with Gasteiger partial charge in [-0.25, -0.2) is 0 Å². The lowest BCUT2D eigenvalue weighted by Crippen LogP contribution is -2.19. The van der Waals surface area contributed by atoms with E-state index in [-0.39, 0.29) is 18.6 Å². The minimum Gasteiger partial charge on any atom is -0.454 e. The number of carbonyl (C=O) groups is 2. The van der Waals surface area contributed by atoms with Gasteiger partial charge in [-0.3, -0.25) is 9.59 Å². The molecule has 146 valence electrons. The molecule has 3 N–H and O–H groups in total. The predicted octanol–water partition coefficient (Wildman–Crippen LogP) is 3.92. The third-order valence-electron chi connectivity index (χ3n) is 4.93. The monoisotopic (exact) mass is 388 g/mol. The zero-order chi connectivity index (χ0) is 20.4. The maximum absolute atomic E-state index is 12.6. The Morgan fingerprint density at radius 1 is 0.966 bits per heavy atom. The van der Waals surface area contributed by atoms with Crippen molar-refractivity contribution in [2.24, 2.45) is 5.73 Å². The first kappa shape index (κ1) is 18.6. The number of amides is 2. The smallest absolute Gasteiger partial charge is 0.249 e. The average molecular weight is 388 g/mol. The first-order valence-corrected chi connectivity index (χ1v) is 9.22. The van der Waals surface area contributed by atoms with Gasteiger partial charge in [0.05, 0.1) is 5.92 Å². The van der Waals surface area contributed by atoms with Crippen molar-refractivity contribution < 1.29 is 19.1 Å². The van der Waals surface area contributed by atoms with E-state index in [2.05, 4.69) is 5.32 Å². The van der Waals surface area contributed by atoms with E-state index >= 15 is 0 Å². The maximum Gasteiger partial charge on any atom is 0.249 e. The molecule has 0 aliphatic carbocycles. The van der Waals surface area contributed by atoms with E-state index in [4.69, 9.17) is 15.2 Å². The number of primary amides is 1. The first-order chi connectivity index (χ1) is 14.0. The van der Waals surface area contributed by atoms with E-state index in [1.807, 2.05) is 43.3 Å². The standard InChI is InChI=1S/C23H20N2O4/c1-14(15-5-3-2-4-6-15)23(27)25-17-8-9-18(19(12-17)22(24)26)16-7-10-20-21(11-16)29-13-28-20/h2-12,14H,13H2,1H3,(H2,24,26)(H,25,27). The zero-order valence-corrected chi connectivity index (χ0v) is 15.8. The number of anilines is 1. The second kappa shape index (κ2) is 7.67. The van der Waals surface area contributed by atoms with Crippen molar-refractivity contribution in [1.29, 1.82) is 0 Å². The number of hydrogen-bond acceptors (Lipinski definition) is 4. The topological polar surface area (TPSA) is 90.7 Å². The van der Waals surface area contributed by atoms with Gasteiger partial charge in [0, 0.05) is 11.3 Å². The Kier molecular flexibility index (Phi) is 4.91. The van der Waals surface area contributed by atoms with E-state index in [0.717, 1.165) is 11.1 Å². The second-order valence-electron chi connectivity index (χ2n) is 6.81. The molecule has 0 fully saturated rings. The van der Waals surface area contributed by atoms with E-state index in [9.17, 15) is 9.59 Å². The van der Waals surface area contributed by atoms with Crippen LogP contribution in [0.1, 0.15) is 28.8 Å². The summed E-state index contributed by atoms with van der Waals surface area (Å²) in [7, 11) is 0. The molecule has 1 aliphatic heterocycles. The van der Waals surface area contributed by atoms with Gasteiger partial charge in [-0.05, 0) is 47.9 Å². The lowest BCUT2D eigenvalue weighted by Gasteiger charge is -2.14. The lowest BCUT2D eigenvalue weighted by molar-refractivity contribution is -0.117. The molecule has 1 unspecified atom stereocenters. The molecule has 3 aromatic rings. The van der Waals surface area contributed by atoms with Crippen molar-refractivity contribution in [3.63, 3.8) is 0 Å². The largest absolute Gasteiger partial charge is 0.454 e. The van der Waals surface area contributed by atoms with Crippen molar-refractivity contribution in [1.82, 2.24) is 0 Å². The first-order valence-electron chi connectivity index (χ1n) is 9.22. The molecule has 0 radical (unpaired) electrons. The molecule has 0 spiro atoms. The molecule has 0 saturated heterocycles. The van der Waals surface area contributed by atoms with Gasteiger partial charge in [0.25, 0.3) is 0 Å². The van der Waals surface area contributed by atoms with Crippen LogP contribution in [0.5, 0.6) is 11.5 Å². The number of hydrogen-bond donors (Lipinski definition) is 2. The molecule has 29 heavy (non-hydrogen) atoms. The fraction of sp³-hybridized carbons (Fsp3) is 0.130. The van der Waals surface area contributed by atoms with Gasteiger partial charge in [-0.2, -0.15) is 0 Å². The van der Waals surface area contributed by atoms with Crippen molar-refractivity contribution in [3.8, 4) is 22.6 Å². The Bertz CT molecular complexity index is 1080. The zero-order valence-electron chi connectivity index (χ0n) is 15.8. The molecule has 1 atom stereocenters. The van der Waals surface area contributed by atoms with Crippen molar-refractivity contribution >= 4 is 17.5 Å². The van der Waals surface area contributed by atoms with E-state index in [0.29, 0.717) is 28.3 Å². The van der Waals surface area contributed by atoms with Gasteiger partial charge in [0.1, 0.15) is 0 Å². The van der Waals surface area contributed by atoms with Crippen LogP contribution in [0.25, 0.3) is 11.1 Å². The lowest BCUT2D eigenvalue weighted by atomic mass is 9.97. The summed E-state index contributed by atoms with van der Waals surface area (Å²) in [6, 6.07) is 20.0. The van der Waals surface area contributed by atoms with Crippen molar-refractivity contribution in [3.05, 3.63) is 77.9 Å². The van der Waals surface area contributed by atoms with E-state index in [1.54, 1.807) is 30.3 Å². The average Bonchev–Trinajstić information content (AvgIpc) is 3.21. The molecule has 1 aliphatic rings. The normalized spacial score (nSPS) is 13.0. The summed E-state index contributed by atoms with van der Waals surface area (Å²) in [6.45, 7) is 2.01. The fourth-order valence-corrected chi connectivity index (χ4v) is 3.29. The van der Waals surface area contributed by atoms with Gasteiger partial charge in [-0.15, -0.1) is 0 Å². The van der Waals surface area contributed by atoms with Gasteiger partial charge >= 0.3 is 0 Å². The molecule has 0 saturated carbocycles. The molecule has 6 heteroatoms. The number of fused-ring (bicyclic) bond motifs is 1. The number of carbonyl (C=O) groups excluding carboxylic acids is 2. The van der Waals surface area contributed by atoms with Gasteiger partial charge < -0.3 is 20.5 Å². The summed E-state index contributed by atoms with van der Waals surface area (Å²) < 4.78 is 10.7. The highest BCUT2D eigenvalue weighted by molar-refractivity contribution is 6.03.